The molecular weight excluding hydrogens is 380 g/mol. The number of piperazine rings is 1. The van der Waals surface area contributed by atoms with Crippen LogP contribution < -0.4 is 0 Å². The number of thiazole rings is 1. The summed E-state index contributed by atoms with van der Waals surface area (Å²) in [4.78, 5) is 31.7. The maximum Gasteiger partial charge on any atom is 0.273 e. The number of carbonyl (C=O) groups excluding carboxylic acids is 1. The zero-order chi connectivity index (χ0) is 20.5. The highest BCUT2D eigenvalue weighted by Gasteiger charge is 2.31. The number of amides is 1. The number of benzene rings is 1. The van der Waals surface area contributed by atoms with Gasteiger partial charge in [0.25, 0.3) is 11.6 Å². The molecule has 8 nitrogen and oxygen atoms in total. The van der Waals surface area contributed by atoms with Gasteiger partial charge in [0.1, 0.15) is 10.7 Å². The molecule has 1 amide bonds. The predicted octanol–water partition coefficient (Wildman–Crippen LogP) is 2.64. The minimum Gasteiger partial charge on any atom is -0.389 e. The molecule has 1 atom stereocenters. The Bertz CT molecular complexity index is 877. The average molecular weight is 404 g/mol. The first-order valence-electron chi connectivity index (χ1n) is 9.10. The summed E-state index contributed by atoms with van der Waals surface area (Å²) in [7, 11) is 0. The number of nitro groups is 1. The minimum atomic E-state index is -0.775. The van der Waals surface area contributed by atoms with Crippen molar-refractivity contribution in [2.24, 2.45) is 0 Å². The van der Waals surface area contributed by atoms with Crippen molar-refractivity contribution < 1.29 is 14.8 Å². The fraction of sp³-hybridized carbons (Fsp3) is 0.474. The normalized spacial score (nSPS) is 18.3. The summed E-state index contributed by atoms with van der Waals surface area (Å²) >= 11 is 1.30. The molecule has 1 unspecified atom stereocenters. The van der Waals surface area contributed by atoms with Gasteiger partial charge in [-0.3, -0.25) is 19.8 Å². The third-order valence-corrected chi connectivity index (χ3v) is 5.56. The fourth-order valence-corrected chi connectivity index (χ4v) is 4.12. The molecule has 0 spiro atoms. The number of β-amino-alcohol motifs (C(OH)–C–C–N with tert-alkyl or cyclic N) is 1. The van der Waals surface area contributed by atoms with Crippen LogP contribution in [-0.4, -0.2) is 68.5 Å². The molecule has 1 aromatic heterocycles. The number of carbonyl (C=O) groups is 1. The van der Waals surface area contributed by atoms with Crippen LogP contribution in [0.4, 0.5) is 5.69 Å². The van der Waals surface area contributed by atoms with E-state index in [9.17, 15) is 20.0 Å². The third-order valence-electron chi connectivity index (χ3n) is 4.67. The van der Waals surface area contributed by atoms with Crippen LogP contribution in [0.15, 0.2) is 29.6 Å². The van der Waals surface area contributed by atoms with E-state index in [1.807, 2.05) is 6.92 Å². The second kappa shape index (κ2) is 7.94. The lowest BCUT2D eigenvalue weighted by Gasteiger charge is -2.41. The van der Waals surface area contributed by atoms with Gasteiger partial charge in [-0.1, -0.05) is 12.1 Å². The molecule has 1 aliphatic heterocycles. The van der Waals surface area contributed by atoms with E-state index >= 15 is 0 Å². The number of aromatic nitrogens is 1. The molecule has 0 aliphatic carbocycles. The standard InChI is InChI=1S/C19H24N4O4S/c1-13-10-21(7-8-22(13)12-19(2,3)25)18(24)16-11-28-17(20-16)14-5-4-6-15(9-14)23(26)27/h4-6,9,11,13,25H,7-8,10,12H2,1-3H3. The van der Waals surface area contributed by atoms with Crippen LogP contribution in [0.25, 0.3) is 10.6 Å². The Hall–Kier alpha value is -2.36. The Balaban J connectivity index is 1.70. The zero-order valence-electron chi connectivity index (χ0n) is 16.2. The van der Waals surface area contributed by atoms with E-state index in [1.165, 1.54) is 23.5 Å². The molecule has 1 aliphatic rings. The Kier molecular flexibility index (Phi) is 5.78. The summed E-state index contributed by atoms with van der Waals surface area (Å²) in [6.45, 7) is 7.99. The maximum atomic E-state index is 12.9. The molecule has 3 rings (SSSR count). The molecule has 28 heavy (non-hydrogen) atoms. The van der Waals surface area contributed by atoms with Gasteiger partial charge >= 0.3 is 0 Å². The van der Waals surface area contributed by atoms with Crippen molar-refractivity contribution in [2.45, 2.75) is 32.4 Å². The van der Waals surface area contributed by atoms with Crippen LogP contribution in [-0.2, 0) is 0 Å². The number of hydrogen-bond acceptors (Lipinski definition) is 7. The van der Waals surface area contributed by atoms with Crippen molar-refractivity contribution in [1.29, 1.82) is 0 Å². The van der Waals surface area contributed by atoms with Gasteiger partial charge in [0.15, 0.2) is 0 Å². The fourth-order valence-electron chi connectivity index (χ4n) is 3.33. The monoisotopic (exact) mass is 404 g/mol. The highest BCUT2D eigenvalue weighted by atomic mass is 32.1. The molecule has 1 aromatic carbocycles. The van der Waals surface area contributed by atoms with Crippen LogP contribution in [0, 0.1) is 10.1 Å². The van der Waals surface area contributed by atoms with E-state index in [0.29, 0.717) is 42.4 Å². The highest BCUT2D eigenvalue weighted by Crippen LogP contribution is 2.27. The second-order valence-electron chi connectivity index (χ2n) is 7.73. The molecular formula is C19H24N4O4S. The van der Waals surface area contributed by atoms with Gasteiger partial charge in [0, 0.05) is 55.3 Å². The largest absolute Gasteiger partial charge is 0.389 e. The SMILES string of the molecule is CC1CN(C(=O)c2csc(-c3cccc([N+](=O)[O-])c3)n2)CCN1CC(C)(C)O. The number of rotatable bonds is 5. The topological polar surface area (TPSA) is 99.8 Å². The lowest BCUT2D eigenvalue weighted by Crippen LogP contribution is -2.56. The number of hydrogen-bond donors (Lipinski definition) is 1. The maximum absolute atomic E-state index is 12.9. The van der Waals surface area contributed by atoms with Crippen LogP contribution in [0.5, 0.6) is 0 Å². The molecule has 0 radical (unpaired) electrons. The molecule has 0 bridgehead atoms. The van der Waals surface area contributed by atoms with Crippen LogP contribution in [0.2, 0.25) is 0 Å². The van der Waals surface area contributed by atoms with Gasteiger partial charge in [-0.15, -0.1) is 11.3 Å². The quantitative estimate of drug-likeness (QED) is 0.607. The molecule has 0 saturated carbocycles. The molecule has 2 heterocycles. The van der Waals surface area contributed by atoms with Gasteiger partial charge in [-0.05, 0) is 20.8 Å². The van der Waals surface area contributed by atoms with E-state index in [0.717, 1.165) is 0 Å². The Labute approximate surface area is 167 Å². The van der Waals surface area contributed by atoms with Gasteiger partial charge in [0.05, 0.1) is 10.5 Å². The smallest absolute Gasteiger partial charge is 0.273 e. The lowest BCUT2D eigenvalue weighted by molar-refractivity contribution is -0.384. The number of aliphatic hydroxyl groups is 1. The Morgan fingerprint density at radius 1 is 1.43 bits per heavy atom. The van der Waals surface area contributed by atoms with Crippen molar-refractivity contribution in [3.63, 3.8) is 0 Å². The van der Waals surface area contributed by atoms with Crippen LogP contribution >= 0.6 is 11.3 Å². The second-order valence-corrected chi connectivity index (χ2v) is 8.59. The zero-order valence-corrected chi connectivity index (χ0v) is 17.0. The van der Waals surface area contributed by atoms with Crippen molar-refractivity contribution in [3.05, 3.63) is 45.5 Å². The van der Waals surface area contributed by atoms with Gasteiger partial charge < -0.3 is 10.0 Å². The van der Waals surface area contributed by atoms with Gasteiger partial charge in [-0.2, -0.15) is 0 Å². The van der Waals surface area contributed by atoms with Gasteiger partial charge in [0.2, 0.25) is 0 Å². The summed E-state index contributed by atoms with van der Waals surface area (Å²) < 4.78 is 0. The van der Waals surface area contributed by atoms with Crippen LogP contribution in [0.1, 0.15) is 31.3 Å². The Morgan fingerprint density at radius 2 is 2.18 bits per heavy atom. The minimum absolute atomic E-state index is 0.00247. The van der Waals surface area contributed by atoms with E-state index in [-0.39, 0.29) is 17.6 Å². The summed E-state index contributed by atoms with van der Waals surface area (Å²) in [5.41, 5.74) is 0.205. The summed E-state index contributed by atoms with van der Waals surface area (Å²) in [6, 6.07) is 6.39. The first-order valence-corrected chi connectivity index (χ1v) is 9.98. The predicted molar refractivity (Wildman–Crippen MR) is 107 cm³/mol. The lowest BCUT2D eigenvalue weighted by atomic mass is 10.1. The van der Waals surface area contributed by atoms with E-state index < -0.39 is 10.5 Å². The summed E-state index contributed by atoms with van der Waals surface area (Å²) in [5.74, 6) is -0.136. The van der Waals surface area contributed by atoms with E-state index in [4.69, 9.17) is 0 Å². The first-order chi connectivity index (χ1) is 13.1. The van der Waals surface area contributed by atoms with Crippen molar-refractivity contribution in [3.8, 4) is 10.6 Å². The van der Waals surface area contributed by atoms with Crippen molar-refractivity contribution in [1.82, 2.24) is 14.8 Å². The van der Waals surface area contributed by atoms with Gasteiger partial charge in [-0.25, -0.2) is 4.98 Å². The summed E-state index contributed by atoms with van der Waals surface area (Å²) in [6.07, 6.45) is 0. The first kappa shape index (κ1) is 20.4. The number of nitro benzene ring substituents is 1. The van der Waals surface area contributed by atoms with Crippen molar-refractivity contribution >= 4 is 22.9 Å². The molecule has 1 fully saturated rings. The number of non-ortho nitro benzene ring substituents is 1. The summed E-state index contributed by atoms with van der Waals surface area (Å²) in [5, 5.41) is 23.3. The molecule has 150 valence electrons. The highest BCUT2D eigenvalue weighted by molar-refractivity contribution is 7.13. The third kappa shape index (κ3) is 4.73. The Morgan fingerprint density at radius 3 is 2.82 bits per heavy atom. The van der Waals surface area contributed by atoms with Crippen LogP contribution in [0.3, 0.4) is 0 Å². The van der Waals surface area contributed by atoms with Crippen molar-refractivity contribution in [2.75, 3.05) is 26.2 Å². The van der Waals surface area contributed by atoms with E-state index in [1.54, 1.807) is 36.3 Å². The average Bonchev–Trinajstić information content (AvgIpc) is 3.12. The molecule has 2 aromatic rings. The molecule has 9 heteroatoms. The molecule has 1 N–H and O–H groups in total. The molecule has 1 saturated heterocycles. The van der Waals surface area contributed by atoms with E-state index in [2.05, 4.69) is 9.88 Å². The number of nitrogens with zero attached hydrogens (tertiary/aromatic N) is 4.